The first-order chi connectivity index (χ1) is 3.31. The van der Waals surface area contributed by atoms with Crippen LogP contribution < -0.4 is 5.32 Å². The van der Waals surface area contributed by atoms with E-state index in [1.165, 1.54) is 14.2 Å². The molecule has 0 rings (SSSR count). The summed E-state index contributed by atoms with van der Waals surface area (Å²) in [6.07, 6.45) is -0.595. The van der Waals surface area contributed by atoms with Crippen LogP contribution in [0.3, 0.4) is 0 Å². The van der Waals surface area contributed by atoms with Crippen LogP contribution in [0.25, 0.3) is 0 Å². The van der Waals surface area contributed by atoms with E-state index in [4.69, 9.17) is 0 Å². The largest absolute Gasteiger partial charge is 0.438 e. The summed E-state index contributed by atoms with van der Waals surface area (Å²) in [5.74, 6) is 0. The highest BCUT2D eigenvalue weighted by Gasteiger charge is 1.91. The number of carbonyl (C=O) groups is 1. The van der Waals surface area contributed by atoms with Crippen molar-refractivity contribution >= 4 is 6.09 Å². The molecule has 0 saturated carbocycles. The van der Waals surface area contributed by atoms with Gasteiger partial charge in [-0.05, 0) is 0 Å². The van der Waals surface area contributed by atoms with Crippen molar-refractivity contribution in [3.63, 3.8) is 0 Å². The fourth-order valence-corrected chi connectivity index (χ4v) is 0.117. The Kier molecular flexibility index (Phi) is 3.04. The summed E-state index contributed by atoms with van der Waals surface area (Å²) in [5.41, 5.74) is 0. The Labute approximate surface area is 41.3 Å². The monoisotopic (exact) mass is 105 g/mol. The van der Waals surface area contributed by atoms with Crippen LogP contribution in [0.15, 0.2) is 0 Å². The third kappa shape index (κ3) is 3.05. The molecule has 0 spiro atoms. The Morgan fingerprint density at radius 1 is 1.71 bits per heavy atom. The minimum Gasteiger partial charge on any atom is -0.322 e. The average Bonchev–Trinajstić information content (AvgIpc) is 1.68. The Bertz CT molecular complexity index is 63.2. The lowest BCUT2D eigenvalue weighted by atomic mass is 11.1. The molecular weight excluding hydrogens is 98.0 g/mol. The fraction of sp³-hybridized carbons (Fsp3) is 0.667. The molecule has 0 aromatic rings. The van der Waals surface area contributed by atoms with Crippen molar-refractivity contribution in [2.45, 2.75) is 0 Å². The smallest absolute Gasteiger partial charge is 0.322 e. The van der Waals surface area contributed by atoms with E-state index in [9.17, 15) is 4.79 Å². The predicted octanol–water partition coefficient (Wildman–Crippen LogP) is -0.0962. The Morgan fingerprint density at radius 3 is 2.43 bits per heavy atom. The number of nitrogens with one attached hydrogen (secondary N) is 1. The van der Waals surface area contributed by atoms with E-state index in [0.29, 0.717) is 0 Å². The van der Waals surface area contributed by atoms with Gasteiger partial charge in [0.2, 0.25) is 0 Å². The molecule has 4 nitrogen and oxygen atoms in total. The molecule has 0 heterocycles. The maximum atomic E-state index is 9.95. The molecule has 0 atom stereocenters. The van der Waals surface area contributed by atoms with Crippen LogP contribution in [0, 0.1) is 0 Å². The molecule has 4 heteroatoms. The van der Waals surface area contributed by atoms with E-state index in [-0.39, 0.29) is 0 Å². The lowest BCUT2D eigenvalue weighted by Gasteiger charge is -1.93. The van der Waals surface area contributed by atoms with Crippen molar-refractivity contribution in [1.29, 1.82) is 0 Å². The summed E-state index contributed by atoms with van der Waals surface area (Å²) >= 11 is 0. The molecular formula is C3H7NO3. The van der Waals surface area contributed by atoms with Crippen molar-refractivity contribution < 1.29 is 14.6 Å². The van der Waals surface area contributed by atoms with E-state index < -0.39 is 6.09 Å². The summed E-state index contributed by atoms with van der Waals surface area (Å²) < 4.78 is 0. The maximum absolute atomic E-state index is 9.95. The number of hydrogen-bond acceptors (Lipinski definition) is 3. The highest BCUT2D eigenvalue weighted by molar-refractivity contribution is 5.65. The molecule has 0 fully saturated rings. The number of hydrogen-bond donors (Lipinski definition) is 1. The molecule has 1 N–H and O–H groups in total. The van der Waals surface area contributed by atoms with Gasteiger partial charge >= 0.3 is 6.09 Å². The highest BCUT2D eigenvalue weighted by atomic mass is 17.2. The van der Waals surface area contributed by atoms with Crippen molar-refractivity contribution in [2.24, 2.45) is 0 Å². The van der Waals surface area contributed by atoms with Gasteiger partial charge in [0.05, 0.1) is 7.11 Å². The normalized spacial score (nSPS) is 7.71. The van der Waals surface area contributed by atoms with Gasteiger partial charge in [-0.3, -0.25) is 4.89 Å². The Balaban J connectivity index is 3.00. The topological polar surface area (TPSA) is 47.6 Å². The molecule has 1 amide bonds. The van der Waals surface area contributed by atoms with Gasteiger partial charge in [-0.2, -0.15) is 4.89 Å². The van der Waals surface area contributed by atoms with Crippen LogP contribution in [-0.4, -0.2) is 20.3 Å². The van der Waals surface area contributed by atoms with Crippen LogP contribution in [0.2, 0.25) is 0 Å². The van der Waals surface area contributed by atoms with Gasteiger partial charge in [-0.1, -0.05) is 0 Å². The van der Waals surface area contributed by atoms with Crippen LogP contribution in [0.1, 0.15) is 0 Å². The second-order valence-electron chi connectivity index (χ2n) is 0.787. The quantitative estimate of drug-likeness (QED) is 0.374. The van der Waals surface area contributed by atoms with Crippen molar-refractivity contribution in [2.75, 3.05) is 14.2 Å². The molecule has 0 unspecified atom stereocenters. The second kappa shape index (κ2) is 3.42. The fourth-order valence-electron chi connectivity index (χ4n) is 0.117. The van der Waals surface area contributed by atoms with Crippen molar-refractivity contribution in [3.8, 4) is 0 Å². The zero-order valence-electron chi connectivity index (χ0n) is 4.22. The lowest BCUT2D eigenvalue weighted by molar-refractivity contribution is -0.212. The number of carbonyl (C=O) groups excluding carboxylic acids is 1. The molecule has 7 heavy (non-hydrogen) atoms. The van der Waals surface area contributed by atoms with E-state index in [1.54, 1.807) is 0 Å². The minimum absolute atomic E-state index is 0.595. The second-order valence-corrected chi connectivity index (χ2v) is 0.787. The van der Waals surface area contributed by atoms with Crippen LogP contribution in [-0.2, 0) is 9.78 Å². The van der Waals surface area contributed by atoms with Gasteiger partial charge < -0.3 is 5.32 Å². The van der Waals surface area contributed by atoms with Gasteiger partial charge in [0, 0.05) is 7.05 Å². The van der Waals surface area contributed by atoms with E-state index in [0.717, 1.165) is 0 Å². The lowest BCUT2D eigenvalue weighted by Crippen LogP contribution is -2.18. The zero-order chi connectivity index (χ0) is 5.70. The third-order valence-electron chi connectivity index (χ3n) is 0.363. The molecule has 0 aliphatic rings. The van der Waals surface area contributed by atoms with Gasteiger partial charge in [-0.25, -0.2) is 4.79 Å². The van der Waals surface area contributed by atoms with E-state index in [2.05, 4.69) is 15.1 Å². The summed E-state index contributed by atoms with van der Waals surface area (Å²) in [6, 6.07) is 0. The molecule has 42 valence electrons. The number of rotatable bonds is 1. The molecule has 0 saturated heterocycles. The summed E-state index contributed by atoms with van der Waals surface area (Å²) in [4.78, 5) is 17.9. The molecule has 0 aromatic heterocycles. The van der Waals surface area contributed by atoms with E-state index >= 15 is 0 Å². The zero-order valence-corrected chi connectivity index (χ0v) is 4.22. The highest BCUT2D eigenvalue weighted by Crippen LogP contribution is 1.70. The van der Waals surface area contributed by atoms with E-state index in [1.807, 2.05) is 0 Å². The molecule has 0 radical (unpaired) electrons. The summed E-state index contributed by atoms with van der Waals surface area (Å²) in [6.45, 7) is 0. The van der Waals surface area contributed by atoms with Gasteiger partial charge in [0.1, 0.15) is 0 Å². The summed E-state index contributed by atoms with van der Waals surface area (Å²) in [7, 11) is 2.70. The van der Waals surface area contributed by atoms with Crippen LogP contribution >= 0.6 is 0 Å². The predicted molar refractivity (Wildman–Crippen MR) is 22.5 cm³/mol. The van der Waals surface area contributed by atoms with Gasteiger partial charge in [0.25, 0.3) is 0 Å². The van der Waals surface area contributed by atoms with Crippen LogP contribution in [0.4, 0.5) is 4.79 Å². The standard InChI is InChI=1S/C3H7NO3/c1-4-3(5)7-6-2/h1-2H3,(H,4,5). The molecule has 0 aromatic carbocycles. The minimum atomic E-state index is -0.595. The molecule has 0 aliphatic carbocycles. The van der Waals surface area contributed by atoms with Gasteiger partial charge in [0.15, 0.2) is 0 Å². The maximum Gasteiger partial charge on any atom is 0.438 e. The molecule has 0 aliphatic heterocycles. The average molecular weight is 105 g/mol. The van der Waals surface area contributed by atoms with Crippen molar-refractivity contribution in [3.05, 3.63) is 0 Å². The van der Waals surface area contributed by atoms with Gasteiger partial charge in [-0.15, -0.1) is 0 Å². The van der Waals surface area contributed by atoms with Crippen LogP contribution in [0.5, 0.6) is 0 Å². The first-order valence-corrected chi connectivity index (χ1v) is 1.73. The summed E-state index contributed by atoms with van der Waals surface area (Å²) in [5, 5.41) is 2.18. The molecule has 0 bridgehead atoms. The van der Waals surface area contributed by atoms with Crippen molar-refractivity contribution in [1.82, 2.24) is 5.32 Å². The Morgan fingerprint density at radius 2 is 2.29 bits per heavy atom. The number of amides is 1. The SMILES string of the molecule is CNC(=O)OOC. The Hall–Kier alpha value is -0.770. The first-order valence-electron chi connectivity index (χ1n) is 1.73. The third-order valence-corrected chi connectivity index (χ3v) is 0.363. The first kappa shape index (κ1) is 6.23.